The van der Waals surface area contributed by atoms with Crippen molar-refractivity contribution in [1.29, 1.82) is 0 Å². The number of rotatable bonds is 4. The van der Waals surface area contributed by atoms with Gasteiger partial charge in [0.15, 0.2) is 23.1 Å². The van der Waals surface area contributed by atoms with Crippen molar-refractivity contribution in [3.63, 3.8) is 0 Å². The van der Waals surface area contributed by atoms with Crippen molar-refractivity contribution in [3.8, 4) is 11.5 Å². The minimum Gasteiger partial charge on any atom is -0.493 e. The van der Waals surface area contributed by atoms with Crippen LogP contribution in [0.3, 0.4) is 0 Å². The van der Waals surface area contributed by atoms with Crippen molar-refractivity contribution in [2.24, 2.45) is 5.92 Å². The molecule has 0 bridgehead atoms. The maximum absolute atomic E-state index is 13.9. The first-order valence-electron chi connectivity index (χ1n) is 5.13. The van der Waals surface area contributed by atoms with Gasteiger partial charge in [0.05, 0.1) is 19.8 Å². The Morgan fingerprint density at radius 3 is 2.50 bits per heavy atom. The van der Waals surface area contributed by atoms with Gasteiger partial charge in [0.1, 0.15) is 0 Å². The number of ether oxygens (including phenoxy) is 2. The summed E-state index contributed by atoms with van der Waals surface area (Å²) >= 11 is 0. The molecule has 4 heteroatoms. The number of ketones is 1. The zero-order chi connectivity index (χ0) is 11.7. The van der Waals surface area contributed by atoms with Crippen LogP contribution in [0, 0.1) is 11.7 Å². The SMILES string of the molecule is COc1ccc(C(=O)C2CC2)c(F)c1OC. The zero-order valence-electron chi connectivity index (χ0n) is 9.25. The minimum absolute atomic E-state index is 0.00556. The first-order chi connectivity index (χ1) is 7.69. The lowest BCUT2D eigenvalue weighted by Gasteiger charge is -2.10. The van der Waals surface area contributed by atoms with Crippen molar-refractivity contribution in [3.05, 3.63) is 23.5 Å². The summed E-state index contributed by atoms with van der Waals surface area (Å²) in [5.74, 6) is -0.480. The standard InChI is InChI=1S/C12H13FO3/c1-15-9-6-5-8(10(13)12(9)16-2)11(14)7-3-4-7/h5-7H,3-4H2,1-2H3. The van der Waals surface area contributed by atoms with Gasteiger partial charge in [-0.25, -0.2) is 4.39 Å². The molecule has 0 heterocycles. The molecule has 0 spiro atoms. The number of hydrogen-bond donors (Lipinski definition) is 0. The van der Waals surface area contributed by atoms with Crippen LogP contribution in [0.4, 0.5) is 4.39 Å². The number of benzene rings is 1. The third-order valence-corrected chi connectivity index (χ3v) is 2.70. The largest absolute Gasteiger partial charge is 0.493 e. The van der Waals surface area contributed by atoms with Gasteiger partial charge in [-0.3, -0.25) is 4.79 Å². The number of Topliss-reactive ketones (excluding diaryl/α,β-unsaturated/α-hetero) is 1. The van der Waals surface area contributed by atoms with Gasteiger partial charge < -0.3 is 9.47 Å². The zero-order valence-corrected chi connectivity index (χ0v) is 9.25. The summed E-state index contributed by atoms with van der Waals surface area (Å²) in [7, 11) is 2.78. The van der Waals surface area contributed by atoms with E-state index >= 15 is 0 Å². The Bertz CT molecular complexity index is 425. The van der Waals surface area contributed by atoms with Gasteiger partial charge >= 0.3 is 0 Å². The Morgan fingerprint density at radius 2 is 2.00 bits per heavy atom. The molecule has 0 amide bonds. The number of methoxy groups -OCH3 is 2. The average molecular weight is 224 g/mol. The van der Waals surface area contributed by atoms with Crippen molar-refractivity contribution < 1.29 is 18.7 Å². The maximum atomic E-state index is 13.9. The Balaban J connectivity index is 2.43. The van der Waals surface area contributed by atoms with E-state index in [4.69, 9.17) is 9.47 Å². The van der Waals surface area contributed by atoms with Crippen LogP contribution in [-0.2, 0) is 0 Å². The lowest BCUT2D eigenvalue weighted by molar-refractivity contribution is 0.0962. The van der Waals surface area contributed by atoms with Crippen LogP contribution in [-0.4, -0.2) is 20.0 Å². The molecular weight excluding hydrogens is 211 g/mol. The molecule has 1 saturated carbocycles. The lowest BCUT2D eigenvalue weighted by Crippen LogP contribution is -2.06. The Morgan fingerprint density at radius 1 is 1.31 bits per heavy atom. The molecule has 1 aliphatic rings. The molecule has 0 aliphatic heterocycles. The number of halogens is 1. The highest BCUT2D eigenvalue weighted by molar-refractivity contribution is 6.00. The maximum Gasteiger partial charge on any atom is 0.197 e. The summed E-state index contributed by atoms with van der Waals surface area (Å²) < 4.78 is 23.8. The Labute approximate surface area is 93.2 Å². The van der Waals surface area contributed by atoms with E-state index in [2.05, 4.69) is 0 Å². The lowest BCUT2D eigenvalue weighted by atomic mass is 10.1. The van der Waals surface area contributed by atoms with Crippen LogP contribution in [0.5, 0.6) is 11.5 Å². The monoisotopic (exact) mass is 224 g/mol. The van der Waals surface area contributed by atoms with Gasteiger partial charge in [0.25, 0.3) is 0 Å². The third kappa shape index (κ3) is 1.75. The number of hydrogen-bond acceptors (Lipinski definition) is 3. The van der Waals surface area contributed by atoms with E-state index < -0.39 is 5.82 Å². The molecular formula is C12H13FO3. The third-order valence-electron chi connectivity index (χ3n) is 2.70. The second kappa shape index (κ2) is 4.12. The van der Waals surface area contributed by atoms with E-state index in [1.54, 1.807) is 6.07 Å². The van der Waals surface area contributed by atoms with Crippen LogP contribution in [0.2, 0.25) is 0 Å². The highest BCUT2D eigenvalue weighted by atomic mass is 19.1. The molecule has 86 valence electrons. The van der Waals surface area contributed by atoms with Gasteiger partial charge in [-0.15, -0.1) is 0 Å². The normalized spacial score (nSPS) is 14.7. The molecule has 0 atom stereocenters. The second-order valence-corrected chi connectivity index (χ2v) is 3.80. The molecule has 0 N–H and O–H groups in total. The van der Waals surface area contributed by atoms with Crippen LogP contribution < -0.4 is 9.47 Å². The fourth-order valence-corrected chi connectivity index (χ4v) is 1.65. The van der Waals surface area contributed by atoms with Crippen LogP contribution in [0.25, 0.3) is 0 Å². The molecule has 1 aliphatic carbocycles. The smallest absolute Gasteiger partial charge is 0.197 e. The predicted molar refractivity (Wildman–Crippen MR) is 56.6 cm³/mol. The molecule has 0 radical (unpaired) electrons. The minimum atomic E-state index is -0.626. The summed E-state index contributed by atoms with van der Waals surface area (Å²) in [4.78, 5) is 11.8. The van der Waals surface area contributed by atoms with Gasteiger partial charge in [-0.1, -0.05) is 0 Å². The van der Waals surface area contributed by atoms with E-state index in [0.717, 1.165) is 12.8 Å². The molecule has 16 heavy (non-hydrogen) atoms. The van der Waals surface area contributed by atoms with Crippen molar-refractivity contribution >= 4 is 5.78 Å². The highest BCUT2D eigenvalue weighted by Gasteiger charge is 2.33. The van der Waals surface area contributed by atoms with E-state index in [9.17, 15) is 9.18 Å². The van der Waals surface area contributed by atoms with Gasteiger partial charge in [0.2, 0.25) is 0 Å². The molecule has 0 aromatic heterocycles. The van der Waals surface area contributed by atoms with Crippen molar-refractivity contribution in [1.82, 2.24) is 0 Å². The molecule has 1 fully saturated rings. The Hall–Kier alpha value is -1.58. The molecule has 1 aromatic rings. The fraction of sp³-hybridized carbons (Fsp3) is 0.417. The van der Waals surface area contributed by atoms with E-state index in [1.165, 1.54) is 20.3 Å². The molecule has 2 rings (SSSR count). The van der Waals surface area contributed by atoms with Gasteiger partial charge in [-0.2, -0.15) is 0 Å². The quantitative estimate of drug-likeness (QED) is 0.737. The summed E-state index contributed by atoms with van der Waals surface area (Å²) in [6, 6.07) is 3.01. The molecule has 3 nitrogen and oxygen atoms in total. The van der Waals surface area contributed by atoms with Crippen LogP contribution >= 0.6 is 0 Å². The molecule has 0 saturated heterocycles. The van der Waals surface area contributed by atoms with Crippen LogP contribution in [0.15, 0.2) is 12.1 Å². The number of carbonyl (C=O) groups is 1. The van der Waals surface area contributed by atoms with E-state index in [1.807, 2.05) is 0 Å². The highest BCUT2D eigenvalue weighted by Crippen LogP contribution is 2.37. The fourth-order valence-electron chi connectivity index (χ4n) is 1.65. The molecule has 1 aromatic carbocycles. The van der Waals surface area contributed by atoms with Crippen molar-refractivity contribution in [2.45, 2.75) is 12.8 Å². The summed E-state index contributed by atoms with van der Waals surface area (Å²) in [6.07, 6.45) is 1.71. The molecule has 0 unspecified atom stereocenters. The average Bonchev–Trinajstić information content (AvgIpc) is 3.11. The topological polar surface area (TPSA) is 35.5 Å². The summed E-state index contributed by atoms with van der Waals surface area (Å²) in [5.41, 5.74) is 0.0974. The van der Waals surface area contributed by atoms with Crippen LogP contribution in [0.1, 0.15) is 23.2 Å². The first-order valence-corrected chi connectivity index (χ1v) is 5.13. The Kier molecular flexibility index (Phi) is 2.81. The van der Waals surface area contributed by atoms with Gasteiger partial charge in [0, 0.05) is 5.92 Å². The van der Waals surface area contributed by atoms with Crippen molar-refractivity contribution in [2.75, 3.05) is 14.2 Å². The van der Waals surface area contributed by atoms with E-state index in [-0.39, 0.29) is 23.0 Å². The predicted octanol–water partition coefficient (Wildman–Crippen LogP) is 2.44. The second-order valence-electron chi connectivity index (χ2n) is 3.80. The van der Waals surface area contributed by atoms with E-state index in [0.29, 0.717) is 5.75 Å². The number of carbonyl (C=O) groups excluding carboxylic acids is 1. The summed E-state index contributed by atoms with van der Waals surface area (Å²) in [5, 5.41) is 0. The summed E-state index contributed by atoms with van der Waals surface area (Å²) in [6.45, 7) is 0. The van der Waals surface area contributed by atoms with Gasteiger partial charge in [-0.05, 0) is 25.0 Å². The first kappa shape index (κ1) is 10.9.